The van der Waals surface area contributed by atoms with Gasteiger partial charge in [0, 0.05) is 0 Å². The predicted molar refractivity (Wildman–Crippen MR) is 59.3 cm³/mol. The highest BCUT2D eigenvalue weighted by atomic mass is 19.1. The molecule has 1 nitrogen and oxygen atoms in total. The van der Waals surface area contributed by atoms with E-state index in [9.17, 15) is 4.39 Å². The van der Waals surface area contributed by atoms with E-state index < -0.39 is 0 Å². The third-order valence-electron chi connectivity index (χ3n) is 1.95. The summed E-state index contributed by atoms with van der Waals surface area (Å²) in [6, 6.07) is 4.97. The molecule has 0 saturated heterocycles. The number of benzene rings is 1. The van der Waals surface area contributed by atoms with Gasteiger partial charge in [-0.05, 0) is 31.4 Å². The van der Waals surface area contributed by atoms with Gasteiger partial charge in [0.05, 0.1) is 6.10 Å². The van der Waals surface area contributed by atoms with Crippen LogP contribution in [0.2, 0.25) is 13.6 Å². The Morgan fingerprint density at radius 1 is 1.29 bits per heavy atom. The molecule has 0 bridgehead atoms. The molecule has 0 unspecified atom stereocenters. The molecule has 0 spiro atoms. The third-order valence-corrected chi connectivity index (χ3v) is 1.95. The maximum atomic E-state index is 13.5. The fraction of sp³-hybridized carbons (Fsp3) is 0.455. The summed E-state index contributed by atoms with van der Waals surface area (Å²) < 4.78 is 19.0. The Hall–Kier alpha value is -0.985. The summed E-state index contributed by atoms with van der Waals surface area (Å²) in [5.41, 5.74) is 0.668. The first-order chi connectivity index (χ1) is 6.52. The topological polar surface area (TPSA) is 9.23 Å². The summed E-state index contributed by atoms with van der Waals surface area (Å²) in [6.07, 6.45) is 0.0781. The number of rotatable bonds is 3. The van der Waals surface area contributed by atoms with Crippen LogP contribution in [0.4, 0.5) is 4.39 Å². The van der Waals surface area contributed by atoms with Gasteiger partial charge >= 0.3 is 0 Å². The van der Waals surface area contributed by atoms with Crippen molar-refractivity contribution in [3.05, 3.63) is 24.0 Å². The van der Waals surface area contributed by atoms with Crippen LogP contribution < -0.4 is 10.2 Å². The van der Waals surface area contributed by atoms with Gasteiger partial charge in [-0.1, -0.05) is 19.7 Å². The average molecular weight is 194 g/mol. The highest BCUT2D eigenvalue weighted by Gasteiger charge is 2.15. The van der Waals surface area contributed by atoms with E-state index in [1.54, 1.807) is 6.07 Å². The van der Waals surface area contributed by atoms with Crippen LogP contribution in [-0.4, -0.2) is 12.8 Å². The third kappa shape index (κ3) is 2.50. The van der Waals surface area contributed by atoms with Gasteiger partial charge in [-0.15, -0.1) is 0 Å². The molecule has 0 fully saturated rings. The van der Waals surface area contributed by atoms with Crippen molar-refractivity contribution in [2.75, 3.05) is 0 Å². The first-order valence-electron chi connectivity index (χ1n) is 4.97. The Morgan fingerprint density at radius 2 is 1.93 bits per heavy atom. The molecule has 0 aromatic heterocycles. The normalized spacial score (nSPS) is 10.4. The van der Waals surface area contributed by atoms with E-state index in [1.165, 1.54) is 6.07 Å². The molecule has 76 valence electrons. The summed E-state index contributed by atoms with van der Waals surface area (Å²) in [5, 5.41) is 0. The summed E-state index contributed by atoms with van der Waals surface area (Å²) in [4.78, 5) is 0. The molecule has 14 heavy (non-hydrogen) atoms. The quantitative estimate of drug-likeness (QED) is 0.672. The van der Waals surface area contributed by atoms with Crippen LogP contribution in [0.15, 0.2) is 18.2 Å². The van der Waals surface area contributed by atoms with E-state index in [0.717, 1.165) is 0 Å². The van der Waals surface area contributed by atoms with Crippen molar-refractivity contribution < 1.29 is 9.13 Å². The fourth-order valence-electron chi connectivity index (χ4n) is 1.43. The van der Waals surface area contributed by atoms with Crippen molar-refractivity contribution in [3.8, 4) is 5.75 Å². The summed E-state index contributed by atoms with van der Waals surface area (Å²) in [7, 11) is 0. The number of ether oxygens (including phenoxy) is 1. The monoisotopic (exact) mass is 194 g/mol. The number of halogens is 1. The van der Waals surface area contributed by atoms with E-state index in [4.69, 9.17) is 4.74 Å². The molecule has 1 aromatic rings. The molecule has 0 radical (unpaired) electrons. The zero-order chi connectivity index (χ0) is 10.7. The highest BCUT2D eigenvalue weighted by molar-refractivity contribution is 6.71. The second-order valence-corrected chi connectivity index (χ2v) is 3.97. The largest absolute Gasteiger partial charge is 0.491 e. The SMILES string of the molecule is CB(C)c1c(F)cccc1OC(C)C. The Bertz CT molecular complexity index is 310. The van der Waals surface area contributed by atoms with Crippen molar-refractivity contribution >= 4 is 12.2 Å². The zero-order valence-electron chi connectivity index (χ0n) is 9.17. The second-order valence-electron chi connectivity index (χ2n) is 3.97. The fourth-order valence-corrected chi connectivity index (χ4v) is 1.43. The van der Waals surface area contributed by atoms with Gasteiger partial charge in [0.2, 0.25) is 0 Å². The van der Waals surface area contributed by atoms with E-state index >= 15 is 0 Å². The Balaban J connectivity index is 3.08. The second kappa shape index (κ2) is 4.49. The van der Waals surface area contributed by atoms with E-state index in [1.807, 2.05) is 33.6 Å². The van der Waals surface area contributed by atoms with E-state index in [2.05, 4.69) is 0 Å². The molecule has 0 heterocycles. The first-order valence-corrected chi connectivity index (χ1v) is 4.97. The minimum Gasteiger partial charge on any atom is -0.491 e. The van der Waals surface area contributed by atoms with Crippen LogP contribution in [0.3, 0.4) is 0 Å². The standard InChI is InChI=1S/C11H16BFO/c1-8(2)14-10-7-5-6-9(13)11(10)12(3)4/h5-8H,1-4H3. The minimum atomic E-state index is -0.182. The lowest BCUT2D eigenvalue weighted by Gasteiger charge is -2.15. The van der Waals surface area contributed by atoms with Gasteiger partial charge in [-0.25, -0.2) is 4.39 Å². The molecule has 0 atom stereocenters. The average Bonchev–Trinajstić information content (AvgIpc) is 2.01. The van der Waals surface area contributed by atoms with Gasteiger partial charge in [-0.3, -0.25) is 0 Å². The number of hydrogen-bond donors (Lipinski definition) is 0. The zero-order valence-corrected chi connectivity index (χ0v) is 9.17. The summed E-state index contributed by atoms with van der Waals surface area (Å²) in [6.45, 7) is 7.95. The smallest absolute Gasteiger partial charge is 0.178 e. The van der Waals surface area contributed by atoms with Gasteiger partial charge in [0.1, 0.15) is 11.6 Å². The molecule has 0 N–H and O–H groups in total. The lowest BCUT2D eigenvalue weighted by atomic mass is 9.49. The lowest BCUT2D eigenvalue weighted by Crippen LogP contribution is -2.29. The van der Waals surface area contributed by atoms with Gasteiger partial charge < -0.3 is 4.74 Å². The van der Waals surface area contributed by atoms with Crippen LogP contribution in [0.1, 0.15) is 13.8 Å². The summed E-state index contributed by atoms with van der Waals surface area (Å²) >= 11 is 0. The Kier molecular flexibility index (Phi) is 3.56. The molecule has 1 aromatic carbocycles. The minimum absolute atomic E-state index is 0.0781. The summed E-state index contributed by atoms with van der Waals surface area (Å²) in [5.74, 6) is 0.480. The van der Waals surface area contributed by atoms with Crippen molar-refractivity contribution in [2.24, 2.45) is 0 Å². The molecule has 0 saturated carbocycles. The first kappa shape index (κ1) is 11.1. The van der Waals surface area contributed by atoms with Crippen LogP contribution in [-0.2, 0) is 0 Å². The molecule has 0 aliphatic heterocycles. The molecule has 0 aliphatic carbocycles. The van der Waals surface area contributed by atoms with Crippen molar-refractivity contribution in [2.45, 2.75) is 33.6 Å². The van der Waals surface area contributed by atoms with Crippen molar-refractivity contribution in [3.63, 3.8) is 0 Å². The number of hydrogen-bond acceptors (Lipinski definition) is 1. The highest BCUT2D eigenvalue weighted by Crippen LogP contribution is 2.13. The Morgan fingerprint density at radius 3 is 2.43 bits per heavy atom. The Labute approximate surface area is 85.4 Å². The maximum Gasteiger partial charge on any atom is 0.178 e. The van der Waals surface area contributed by atoms with Crippen LogP contribution in [0.5, 0.6) is 5.75 Å². The van der Waals surface area contributed by atoms with Crippen molar-refractivity contribution in [1.29, 1.82) is 0 Å². The van der Waals surface area contributed by atoms with Crippen LogP contribution in [0.25, 0.3) is 0 Å². The van der Waals surface area contributed by atoms with Gasteiger partial charge in [0.25, 0.3) is 0 Å². The van der Waals surface area contributed by atoms with Crippen LogP contribution >= 0.6 is 0 Å². The molecule has 3 heteroatoms. The molecular weight excluding hydrogens is 178 g/mol. The lowest BCUT2D eigenvalue weighted by molar-refractivity contribution is 0.243. The molecule has 0 aliphatic rings. The van der Waals surface area contributed by atoms with E-state index in [0.29, 0.717) is 11.2 Å². The molecule has 1 rings (SSSR count). The molecule has 0 amide bonds. The van der Waals surface area contributed by atoms with E-state index in [-0.39, 0.29) is 18.6 Å². The van der Waals surface area contributed by atoms with Crippen molar-refractivity contribution in [1.82, 2.24) is 0 Å². The predicted octanol–water partition coefficient (Wildman–Crippen LogP) is 2.57. The van der Waals surface area contributed by atoms with Crippen LogP contribution in [0, 0.1) is 5.82 Å². The van der Waals surface area contributed by atoms with Gasteiger partial charge in [-0.2, -0.15) is 0 Å². The van der Waals surface area contributed by atoms with Gasteiger partial charge in [0.15, 0.2) is 6.71 Å². The maximum absolute atomic E-state index is 13.5. The molecular formula is C11H16BFO.